The van der Waals surface area contributed by atoms with Crippen LogP contribution < -0.4 is 5.73 Å². The predicted molar refractivity (Wildman–Crippen MR) is 56.2 cm³/mol. The number of rotatable bonds is 1. The van der Waals surface area contributed by atoms with Crippen LogP contribution in [0.5, 0.6) is 0 Å². The van der Waals surface area contributed by atoms with Crippen LogP contribution >= 0.6 is 0 Å². The maximum atomic E-state index is 5.89. The van der Waals surface area contributed by atoms with E-state index in [0.29, 0.717) is 17.4 Å². The van der Waals surface area contributed by atoms with Gasteiger partial charge in [0.25, 0.3) is 0 Å². The molecule has 0 radical (unpaired) electrons. The van der Waals surface area contributed by atoms with Crippen molar-refractivity contribution in [2.24, 2.45) is 0 Å². The zero-order valence-corrected chi connectivity index (χ0v) is 8.23. The number of anilines is 1. The summed E-state index contributed by atoms with van der Waals surface area (Å²) in [5.74, 6) is 1.87. The van der Waals surface area contributed by atoms with Crippen LogP contribution in [0.1, 0.15) is 17.7 Å². The average molecular weight is 201 g/mol. The number of aromatic nitrogens is 2. The van der Waals surface area contributed by atoms with E-state index in [1.807, 2.05) is 12.1 Å². The third-order valence-corrected chi connectivity index (χ3v) is 2.71. The molecular weight excluding hydrogens is 190 g/mol. The lowest BCUT2D eigenvalue weighted by molar-refractivity contribution is 0.577. The van der Waals surface area contributed by atoms with Crippen LogP contribution in [-0.2, 0) is 12.8 Å². The summed E-state index contributed by atoms with van der Waals surface area (Å²) in [4.78, 5) is 8.73. The average Bonchev–Trinajstić information content (AvgIpc) is 2.88. The summed E-state index contributed by atoms with van der Waals surface area (Å²) in [7, 11) is 0. The zero-order valence-electron chi connectivity index (χ0n) is 8.23. The van der Waals surface area contributed by atoms with E-state index in [0.717, 1.165) is 30.5 Å². The molecule has 0 amide bonds. The molecule has 0 aliphatic heterocycles. The monoisotopic (exact) mass is 201 g/mol. The fourth-order valence-corrected chi connectivity index (χ4v) is 1.98. The summed E-state index contributed by atoms with van der Waals surface area (Å²) >= 11 is 0. The topological polar surface area (TPSA) is 64.9 Å². The Morgan fingerprint density at radius 1 is 1.27 bits per heavy atom. The molecule has 0 saturated carbocycles. The highest BCUT2D eigenvalue weighted by molar-refractivity contribution is 5.54. The Morgan fingerprint density at radius 3 is 3.00 bits per heavy atom. The number of furan rings is 1. The quantitative estimate of drug-likeness (QED) is 0.764. The summed E-state index contributed by atoms with van der Waals surface area (Å²) in [5.41, 5.74) is 8.08. The smallest absolute Gasteiger partial charge is 0.197 e. The molecule has 0 spiro atoms. The van der Waals surface area contributed by atoms with Gasteiger partial charge >= 0.3 is 0 Å². The fraction of sp³-hybridized carbons (Fsp3) is 0.273. The number of nitrogens with zero attached hydrogens (tertiary/aromatic N) is 2. The Hall–Kier alpha value is -1.84. The normalized spacial score (nSPS) is 14.1. The number of fused-ring (bicyclic) bond motifs is 1. The van der Waals surface area contributed by atoms with Gasteiger partial charge in [-0.1, -0.05) is 0 Å². The Labute approximate surface area is 87.2 Å². The van der Waals surface area contributed by atoms with E-state index in [4.69, 9.17) is 10.2 Å². The molecule has 1 aliphatic rings. The first-order chi connectivity index (χ1) is 7.34. The summed E-state index contributed by atoms with van der Waals surface area (Å²) in [6, 6.07) is 3.66. The van der Waals surface area contributed by atoms with Crippen LogP contribution in [0.4, 0.5) is 5.82 Å². The lowest BCUT2D eigenvalue weighted by atomic mass is 10.2. The minimum atomic E-state index is 0.596. The molecule has 0 fully saturated rings. The standard InChI is InChI=1S/C11H11N3O/c12-10-7-3-1-4-8(7)13-11(14-10)9-5-2-6-15-9/h2,5-6H,1,3-4H2,(H2,12,13,14). The van der Waals surface area contributed by atoms with Gasteiger partial charge < -0.3 is 10.2 Å². The second-order valence-electron chi connectivity index (χ2n) is 3.69. The molecule has 3 rings (SSSR count). The molecule has 2 heterocycles. The molecule has 0 aromatic carbocycles. The lowest BCUT2D eigenvalue weighted by Crippen LogP contribution is -2.02. The number of hydrogen-bond acceptors (Lipinski definition) is 4. The molecule has 76 valence electrons. The molecule has 0 bridgehead atoms. The number of hydrogen-bond donors (Lipinski definition) is 1. The van der Waals surface area contributed by atoms with Crippen molar-refractivity contribution in [3.63, 3.8) is 0 Å². The van der Waals surface area contributed by atoms with Crippen molar-refractivity contribution < 1.29 is 4.42 Å². The molecule has 2 aromatic rings. The van der Waals surface area contributed by atoms with Gasteiger partial charge in [0.05, 0.1) is 6.26 Å². The van der Waals surface area contributed by atoms with Gasteiger partial charge in [0.15, 0.2) is 11.6 Å². The highest BCUT2D eigenvalue weighted by Gasteiger charge is 2.18. The van der Waals surface area contributed by atoms with E-state index in [1.54, 1.807) is 6.26 Å². The van der Waals surface area contributed by atoms with E-state index >= 15 is 0 Å². The first kappa shape index (κ1) is 8.47. The molecular formula is C11H11N3O. The van der Waals surface area contributed by atoms with E-state index in [2.05, 4.69) is 9.97 Å². The minimum Gasteiger partial charge on any atom is -0.461 e. The largest absolute Gasteiger partial charge is 0.461 e. The highest BCUT2D eigenvalue weighted by atomic mass is 16.3. The molecule has 4 nitrogen and oxygen atoms in total. The Bertz CT molecular complexity index is 491. The van der Waals surface area contributed by atoms with Crippen molar-refractivity contribution >= 4 is 5.82 Å². The summed E-state index contributed by atoms with van der Waals surface area (Å²) in [6.45, 7) is 0. The van der Waals surface area contributed by atoms with Crippen LogP contribution in [0.25, 0.3) is 11.6 Å². The lowest BCUT2D eigenvalue weighted by Gasteiger charge is -2.04. The number of aryl methyl sites for hydroxylation is 1. The second kappa shape index (κ2) is 3.08. The maximum Gasteiger partial charge on any atom is 0.197 e. The van der Waals surface area contributed by atoms with Crippen LogP contribution in [0, 0.1) is 0 Å². The minimum absolute atomic E-state index is 0.596. The molecule has 2 aromatic heterocycles. The van der Waals surface area contributed by atoms with E-state index in [-0.39, 0.29) is 0 Å². The highest BCUT2D eigenvalue weighted by Crippen LogP contribution is 2.27. The van der Waals surface area contributed by atoms with E-state index in [9.17, 15) is 0 Å². The van der Waals surface area contributed by atoms with Gasteiger partial charge in [0.2, 0.25) is 0 Å². The van der Waals surface area contributed by atoms with E-state index in [1.165, 1.54) is 0 Å². The van der Waals surface area contributed by atoms with Crippen LogP contribution in [0.15, 0.2) is 22.8 Å². The van der Waals surface area contributed by atoms with Crippen molar-refractivity contribution in [3.8, 4) is 11.6 Å². The third-order valence-electron chi connectivity index (χ3n) is 2.71. The number of nitrogen functional groups attached to an aromatic ring is 1. The molecule has 0 saturated heterocycles. The molecule has 0 atom stereocenters. The summed E-state index contributed by atoms with van der Waals surface area (Å²) in [5, 5.41) is 0. The number of nitrogens with two attached hydrogens (primary N) is 1. The molecule has 0 unspecified atom stereocenters. The van der Waals surface area contributed by atoms with Crippen molar-refractivity contribution in [3.05, 3.63) is 29.7 Å². The molecule has 4 heteroatoms. The maximum absolute atomic E-state index is 5.89. The van der Waals surface area contributed by atoms with Crippen molar-refractivity contribution in [1.29, 1.82) is 0 Å². The third kappa shape index (κ3) is 1.29. The predicted octanol–water partition coefficient (Wildman–Crippen LogP) is 1.81. The van der Waals surface area contributed by atoms with E-state index < -0.39 is 0 Å². The Balaban J connectivity index is 2.15. The van der Waals surface area contributed by atoms with Crippen LogP contribution in [0.3, 0.4) is 0 Å². The first-order valence-corrected chi connectivity index (χ1v) is 5.04. The van der Waals surface area contributed by atoms with Gasteiger partial charge in [-0.3, -0.25) is 0 Å². The summed E-state index contributed by atoms with van der Waals surface area (Å²) in [6.07, 6.45) is 4.73. The Kier molecular flexibility index (Phi) is 1.74. The van der Waals surface area contributed by atoms with Crippen molar-refractivity contribution in [2.45, 2.75) is 19.3 Å². The molecule has 15 heavy (non-hydrogen) atoms. The van der Waals surface area contributed by atoms with Gasteiger partial charge in [-0.15, -0.1) is 0 Å². The van der Waals surface area contributed by atoms with Gasteiger partial charge in [0.1, 0.15) is 5.82 Å². The van der Waals surface area contributed by atoms with Crippen molar-refractivity contribution in [1.82, 2.24) is 9.97 Å². The second-order valence-corrected chi connectivity index (χ2v) is 3.69. The van der Waals surface area contributed by atoms with Gasteiger partial charge in [0, 0.05) is 11.3 Å². The van der Waals surface area contributed by atoms with Crippen LogP contribution in [0.2, 0.25) is 0 Å². The SMILES string of the molecule is Nc1nc(-c2ccco2)nc2c1CCC2. The van der Waals surface area contributed by atoms with Gasteiger partial charge in [-0.05, 0) is 31.4 Å². The molecule has 2 N–H and O–H groups in total. The van der Waals surface area contributed by atoms with Gasteiger partial charge in [-0.25, -0.2) is 9.97 Å². The first-order valence-electron chi connectivity index (χ1n) is 5.04. The summed E-state index contributed by atoms with van der Waals surface area (Å²) < 4.78 is 5.25. The van der Waals surface area contributed by atoms with Crippen LogP contribution in [-0.4, -0.2) is 9.97 Å². The van der Waals surface area contributed by atoms with Gasteiger partial charge in [-0.2, -0.15) is 0 Å². The molecule has 1 aliphatic carbocycles. The fourth-order valence-electron chi connectivity index (χ4n) is 1.98. The Morgan fingerprint density at radius 2 is 2.20 bits per heavy atom. The zero-order chi connectivity index (χ0) is 10.3. The van der Waals surface area contributed by atoms with Crippen molar-refractivity contribution in [2.75, 3.05) is 5.73 Å².